The van der Waals surface area contributed by atoms with Crippen molar-refractivity contribution in [2.45, 2.75) is 54.1 Å². The van der Waals surface area contributed by atoms with E-state index in [0.717, 1.165) is 41.0 Å². The number of esters is 1. The van der Waals surface area contributed by atoms with E-state index in [0.29, 0.717) is 11.1 Å². The molecule has 1 aliphatic heterocycles. The number of carbonyl (C=O) groups is 1. The number of benzene rings is 2. The molecule has 256 valence electrons. The number of thioether (sulfide) groups is 1. The second kappa shape index (κ2) is 15.7. The van der Waals surface area contributed by atoms with Crippen molar-refractivity contribution >= 4 is 61.0 Å². The molecule has 10 nitrogen and oxygen atoms in total. The lowest BCUT2D eigenvalue weighted by atomic mass is 9.99. The van der Waals surface area contributed by atoms with Gasteiger partial charge in [-0.25, -0.2) is 26.8 Å². The number of hydrogen-bond donors (Lipinski definition) is 1. The number of carbonyl (C=O) groups excluding carboxylic acids is 1. The summed E-state index contributed by atoms with van der Waals surface area (Å²) >= 11 is 13.9. The molecule has 0 spiro atoms. The van der Waals surface area contributed by atoms with Crippen LogP contribution in [0.2, 0.25) is 0 Å². The van der Waals surface area contributed by atoms with E-state index in [1.54, 1.807) is 13.0 Å². The van der Waals surface area contributed by atoms with Gasteiger partial charge in [-0.1, -0.05) is 54.1 Å². The quantitative estimate of drug-likeness (QED) is 0.164. The van der Waals surface area contributed by atoms with Gasteiger partial charge in [-0.3, -0.25) is 0 Å². The minimum atomic E-state index is -4.40. The van der Waals surface area contributed by atoms with Crippen molar-refractivity contribution in [3.63, 3.8) is 0 Å². The molecule has 47 heavy (non-hydrogen) atoms. The van der Waals surface area contributed by atoms with Crippen LogP contribution in [0.3, 0.4) is 0 Å². The van der Waals surface area contributed by atoms with Gasteiger partial charge in [0.2, 0.25) is 20.0 Å². The van der Waals surface area contributed by atoms with Gasteiger partial charge >= 0.3 is 12.6 Å². The lowest BCUT2D eigenvalue weighted by Crippen LogP contribution is -2.40. The Morgan fingerprint density at radius 2 is 1.83 bits per heavy atom. The SMILES string of the molecule is C=C/C(Cl)=C(C[C@H](OC(=O)C1SCCN1S(=O)(=O)c1cccc(S(N)(=O)=O)c1)c1ccc(OC(F)F)c(OCC2CC2)c1)\C(Cl)=C/C. The maximum absolute atomic E-state index is 13.8. The highest BCUT2D eigenvalue weighted by atomic mass is 35.5. The van der Waals surface area contributed by atoms with Gasteiger partial charge in [0.15, 0.2) is 16.9 Å². The van der Waals surface area contributed by atoms with Gasteiger partial charge in [0.1, 0.15) is 6.10 Å². The fourth-order valence-electron chi connectivity index (χ4n) is 4.57. The Hall–Kier alpha value is -2.66. The summed E-state index contributed by atoms with van der Waals surface area (Å²) in [7, 11) is -8.61. The van der Waals surface area contributed by atoms with Crippen LogP contribution in [0.5, 0.6) is 11.5 Å². The van der Waals surface area contributed by atoms with Crippen LogP contribution in [0.4, 0.5) is 8.78 Å². The maximum Gasteiger partial charge on any atom is 0.387 e. The smallest absolute Gasteiger partial charge is 0.387 e. The van der Waals surface area contributed by atoms with E-state index in [-0.39, 0.29) is 57.7 Å². The molecular weight excluding hydrogens is 721 g/mol. The summed E-state index contributed by atoms with van der Waals surface area (Å²) in [6.45, 7) is 2.41. The fraction of sp³-hybridized carbons (Fsp3) is 0.367. The highest BCUT2D eigenvalue weighted by Gasteiger charge is 2.42. The summed E-state index contributed by atoms with van der Waals surface area (Å²) in [6, 6.07) is 8.58. The summed E-state index contributed by atoms with van der Waals surface area (Å²) in [4.78, 5) is 13.0. The lowest BCUT2D eigenvalue weighted by Gasteiger charge is -2.26. The molecule has 17 heteroatoms. The minimum Gasteiger partial charge on any atom is -0.489 e. The summed E-state index contributed by atoms with van der Waals surface area (Å²) in [5.74, 6) is -0.648. The predicted octanol–water partition coefficient (Wildman–Crippen LogP) is 6.28. The predicted molar refractivity (Wildman–Crippen MR) is 175 cm³/mol. The van der Waals surface area contributed by atoms with Crippen molar-refractivity contribution in [3.8, 4) is 11.5 Å². The highest BCUT2D eigenvalue weighted by Crippen LogP contribution is 2.40. The first-order chi connectivity index (χ1) is 22.1. The number of nitrogens with zero attached hydrogens (tertiary/aromatic N) is 1. The average molecular weight is 754 g/mol. The second-order valence-corrected chi connectivity index (χ2v) is 15.9. The largest absolute Gasteiger partial charge is 0.489 e. The van der Waals surface area contributed by atoms with Gasteiger partial charge in [-0.2, -0.15) is 13.1 Å². The molecule has 0 aromatic heterocycles. The molecule has 2 aliphatic rings. The molecule has 1 saturated heterocycles. The fourth-order valence-corrected chi connectivity index (χ4v) is 8.71. The van der Waals surface area contributed by atoms with E-state index in [1.807, 2.05) is 0 Å². The van der Waals surface area contributed by atoms with Gasteiger partial charge in [0, 0.05) is 28.8 Å². The van der Waals surface area contributed by atoms with E-state index in [4.69, 9.17) is 37.8 Å². The summed E-state index contributed by atoms with van der Waals surface area (Å²) < 4.78 is 94.7. The van der Waals surface area contributed by atoms with Crippen molar-refractivity contribution in [2.24, 2.45) is 11.1 Å². The summed E-state index contributed by atoms with van der Waals surface area (Å²) in [5.41, 5.74) is 0.649. The zero-order chi connectivity index (χ0) is 34.5. The molecular formula is C30H32Cl2F2N2O8S3. The molecule has 1 heterocycles. The Morgan fingerprint density at radius 3 is 2.45 bits per heavy atom. The minimum absolute atomic E-state index is 0.00223. The number of halogens is 4. The number of sulfonamides is 2. The normalized spacial score (nSPS) is 18.9. The van der Waals surface area contributed by atoms with Crippen LogP contribution >= 0.6 is 35.0 Å². The third-order valence-electron chi connectivity index (χ3n) is 7.18. The molecule has 0 amide bonds. The molecule has 2 aromatic rings. The zero-order valence-corrected chi connectivity index (χ0v) is 28.9. The number of nitrogens with two attached hydrogens (primary N) is 1. The number of hydrogen-bond acceptors (Lipinski definition) is 9. The Kier molecular flexibility index (Phi) is 12.4. The highest BCUT2D eigenvalue weighted by molar-refractivity contribution is 8.02. The molecule has 2 atom stereocenters. The van der Waals surface area contributed by atoms with Crippen molar-refractivity contribution in [3.05, 3.63) is 82.4 Å². The molecule has 2 N–H and O–H groups in total. The van der Waals surface area contributed by atoms with Crippen LogP contribution in [0.15, 0.2) is 86.6 Å². The molecule has 0 radical (unpaired) electrons. The molecule has 1 aliphatic carbocycles. The van der Waals surface area contributed by atoms with Crippen molar-refractivity contribution < 1.29 is 44.6 Å². The Labute approximate surface area is 286 Å². The number of rotatable bonds is 15. The summed E-state index contributed by atoms with van der Waals surface area (Å²) in [6.07, 6.45) is 3.51. The third-order valence-corrected chi connectivity index (χ3v) is 12.1. The van der Waals surface area contributed by atoms with Crippen LogP contribution in [-0.4, -0.2) is 58.0 Å². The maximum atomic E-state index is 13.8. The number of alkyl halides is 2. The molecule has 1 saturated carbocycles. The Bertz CT molecular complexity index is 1780. The van der Waals surface area contributed by atoms with E-state index >= 15 is 0 Å². The van der Waals surface area contributed by atoms with Gasteiger partial charge in [0.05, 0.1) is 16.4 Å². The van der Waals surface area contributed by atoms with Crippen molar-refractivity contribution in [1.29, 1.82) is 0 Å². The first-order valence-corrected chi connectivity index (χ1v) is 19.0. The molecule has 2 aromatic carbocycles. The van der Waals surface area contributed by atoms with Crippen LogP contribution < -0.4 is 14.6 Å². The molecule has 0 bridgehead atoms. The molecule has 1 unspecified atom stereocenters. The van der Waals surface area contributed by atoms with Crippen LogP contribution in [0.1, 0.15) is 37.9 Å². The van der Waals surface area contributed by atoms with Gasteiger partial charge in [0.25, 0.3) is 0 Å². The number of ether oxygens (including phenoxy) is 3. The Balaban J connectivity index is 1.71. The first-order valence-electron chi connectivity index (χ1n) is 14.2. The second-order valence-electron chi connectivity index (χ2n) is 10.5. The van der Waals surface area contributed by atoms with Crippen molar-refractivity contribution in [1.82, 2.24) is 4.31 Å². The molecule has 4 rings (SSSR count). The van der Waals surface area contributed by atoms with E-state index in [1.165, 1.54) is 36.4 Å². The molecule has 2 fully saturated rings. The summed E-state index contributed by atoms with van der Waals surface area (Å²) in [5, 5.41) is 4.22. The van der Waals surface area contributed by atoms with Crippen molar-refractivity contribution in [2.75, 3.05) is 18.9 Å². The Morgan fingerprint density at radius 1 is 1.13 bits per heavy atom. The average Bonchev–Trinajstić information content (AvgIpc) is 3.72. The number of primary sulfonamides is 1. The topological polar surface area (TPSA) is 142 Å². The standard InChI is InChI=1S/C30H32Cl2F2N2O8S3/c1-3-23(31)22(24(32)4-2)16-26(19-10-11-25(44-30(33)34)27(14-19)42-17-18-8-9-18)43-29(37)28-36(12-13-45-28)47(40,41)21-7-5-6-20(15-21)46(35,38)39/h3-7,10-11,14-15,18,26,28,30H,1,8-9,12-13,16-17H2,2H3,(H2,35,38,39)/b23-22+,24-4+/t26-,28?/m0/s1. The van der Waals surface area contributed by atoms with Gasteiger partial charge < -0.3 is 14.2 Å². The zero-order valence-electron chi connectivity index (χ0n) is 25.0. The van der Waals surface area contributed by atoms with Gasteiger partial charge in [-0.15, -0.1) is 11.8 Å². The first kappa shape index (κ1) is 37.2. The van der Waals surface area contributed by atoms with Crippen LogP contribution in [0, 0.1) is 5.92 Å². The third kappa shape index (κ3) is 9.49. The van der Waals surface area contributed by atoms with Crippen LogP contribution in [0.25, 0.3) is 0 Å². The van der Waals surface area contributed by atoms with E-state index in [9.17, 15) is 30.4 Å². The monoisotopic (exact) mass is 752 g/mol. The number of allylic oxidation sites excluding steroid dienone is 4. The lowest BCUT2D eigenvalue weighted by molar-refractivity contribution is -0.150. The van der Waals surface area contributed by atoms with Gasteiger partial charge in [-0.05, 0) is 67.2 Å². The van der Waals surface area contributed by atoms with E-state index < -0.39 is 49.0 Å². The van der Waals surface area contributed by atoms with E-state index in [2.05, 4.69) is 11.3 Å². The van der Waals surface area contributed by atoms with Crippen LogP contribution in [-0.2, 0) is 29.6 Å².